The molecule has 0 aromatic carbocycles. The number of rotatable bonds is 0. The highest BCUT2D eigenvalue weighted by Gasteiger charge is 2.19. The second kappa shape index (κ2) is 1.95. The Hall–Kier alpha value is -1.58. The number of nitrogens with zero attached hydrogens (tertiary/aromatic N) is 1. The van der Waals surface area contributed by atoms with E-state index in [-0.39, 0.29) is 5.91 Å². The fourth-order valence-corrected chi connectivity index (χ4v) is 1.11. The van der Waals surface area contributed by atoms with Crippen LogP contribution in [0.1, 0.15) is 16.1 Å². The van der Waals surface area contributed by atoms with Gasteiger partial charge >= 0.3 is 0 Å². The summed E-state index contributed by atoms with van der Waals surface area (Å²) in [4.78, 5) is 15.0. The van der Waals surface area contributed by atoms with Crippen LogP contribution in [0.25, 0.3) is 0 Å². The number of pyridine rings is 1. The Bertz CT molecular complexity index is 321. The molecule has 0 radical (unpaired) electrons. The van der Waals surface area contributed by atoms with Crippen LogP contribution in [0.2, 0.25) is 0 Å². The summed E-state index contributed by atoms with van der Waals surface area (Å²) in [6.45, 7) is 0.522. The summed E-state index contributed by atoms with van der Waals surface area (Å²) in [6.07, 6.45) is 1.55. The van der Waals surface area contributed by atoms with Gasteiger partial charge < -0.3 is 11.1 Å². The van der Waals surface area contributed by atoms with Crippen LogP contribution in [0.3, 0.4) is 0 Å². The highest BCUT2D eigenvalue weighted by atomic mass is 16.1. The number of nitrogen functional groups attached to an aromatic ring is 1. The molecule has 1 aliphatic heterocycles. The van der Waals surface area contributed by atoms with Crippen LogP contribution >= 0.6 is 0 Å². The molecule has 2 rings (SSSR count). The van der Waals surface area contributed by atoms with Gasteiger partial charge in [0, 0.05) is 0 Å². The lowest BCUT2D eigenvalue weighted by atomic mass is 10.2. The molecule has 1 aliphatic rings. The van der Waals surface area contributed by atoms with E-state index in [1.165, 1.54) is 0 Å². The first-order valence-corrected chi connectivity index (χ1v) is 3.30. The summed E-state index contributed by atoms with van der Waals surface area (Å²) in [5.41, 5.74) is 7.36. The molecule has 0 aliphatic carbocycles. The van der Waals surface area contributed by atoms with Crippen molar-refractivity contribution in [2.45, 2.75) is 6.54 Å². The van der Waals surface area contributed by atoms with E-state index in [1.54, 1.807) is 12.3 Å². The number of nitrogens with two attached hydrogens (primary N) is 1. The third-order valence-electron chi connectivity index (χ3n) is 1.65. The molecule has 0 saturated heterocycles. The lowest BCUT2D eigenvalue weighted by molar-refractivity contribution is 0.0966. The number of carbonyl (C=O) groups is 1. The van der Waals surface area contributed by atoms with E-state index < -0.39 is 0 Å². The van der Waals surface area contributed by atoms with E-state index in [0.29, 0.717) is 17.8 Å². The maximum Gasteiger partial charge on any atom is 0.253 e. The van der Waals surface area contributed by atoms with Gasteiger partial charge in [0.05, 0.1) is 29.7 Å². The van der Waals surface area contributed by atoms with Gasteiger partial charge in [-0.25, -0.2) is 0 Å². The Kier molecular flexibility index (Phi) is 1.09. The molecule has 1 aromatic heterocycles. The number of amides is 1. The van der Waals surface area contributed by atoms with Crippen LogP contribution in [-0.2, 0) is 6.54 Å². The molecule has 0 unspecified atom stereocenters. The van der Waals surface area contributed by atoms with Crippen molar-refractivity contribution in [1.29, 1.82) is 0 Å². The second-order valence-corrected chi connectivity index (χ2v) is 2.45. The standard InChI is InChI=1S/C7H7N3O/c8-4-1-5-6(9-2-4)3-10-7(5)11/h1-2H,3,8H2,(H,10,11). The molecule has 11 heavy (non-hydrogen) atoms. The second-order valence-electron chi connectivity index (χ2n) is 2.45. The van der Waals surface area contributed by atoms with Crippen molar-refractivity contribution in [1.82, 2.24) is 10.3 Å². The summed E-state index contributed by atoms with van der Waals surface area (Å²) in [5, 5.41) is 2.66. The molecule has 0 spiro atoms. The zero-order valence-corrected chi connectivity index (χ0v) is 5.79. The van der Waals surface area contributed by atoms with Crippen LogP contribution in [0.5, 0.6) is 0 Å². The molecular formula is C7H7N3O. The zero-order valence-electron chi connectivity index (χ0n) is 5.79. The first kappa shape index (κ1) is 6.15. The van der Waals surface area contributed by atoms with Gasteiger partial charge in [-0.05, 0) is 6.07 Å². The molecule has 0 fully saturated rings. The van der Waals surface area contributed by atoms with Crippen LogP contribution in [0.15, 0.2) is 12.3 Å². The minimum Gasteiger partial charge on any atom is -0.397 e. The maximum atomic E-state index is 11.0. The van der Waals surface area contributed by atoms with E-state index >= 15 is 0 Å². The molecule has 2 heterocycles. The van der Waals surface area contributed by atoms with Crippen molar-refractivity contribution in [2.75, 3.05) is 5.73 Å². The van der Waals surface area contributed by atoms with Crippen LogP contribution in [-0.4, -0.2) is 10.9 Å². The smallest absolute Gasteiger partial charge is 0.253 e. The van der Waals surface area contributed by atoms with Crippen molar-refractivity contribution in [3.8, 4) is 0 Å². The van der Waals surface area contributed by atoms with Crippen molar-refractivity contribution in [2.24, 2.45) is 0 Å². The molecule has 0 saturated carbocycles. The minimum absolute atomic E-state index is 0.0835. The van der Waals surface area contributed by atoms with Gasteiger partial charge in [-0.1, -0.05) is 0 Å². The first-order valence-electron chi connectivity index (χ1n) is 3.30. The fourth-order valence-electron chi connectivity index (χ4n) is 1.11. The lowest BCUT2D eigenvalue weighted by Gasteiger charge is -1.94. The number of aromatic nitrogens is 1. The van der Waals surface area contributed by atoms with E-state index in [4.69, 9.17) is 5.73 Å². The Morgan fingerprint density at radius 2 is 2.45 bits per heavy atom. The van der Waals surface area contributed by atoms with Gasteiger partial charge in [0.25, 0.3) is 5.91 Å². The molecule has 4 nitrogen and oxygen atoms in total. The summed E-state index contributed by atoms with van der Waals surface area (Å²) in [6, 6.07) is 1.64. The summed E-state index contributed by atoms with van der Waals surface area (Å²) < 4.78 is 0. The largest absolute Gasteiger partial charge is 0.397 e. The van der Waals surface area contributed by atoms with Gasteiger partial charge in [-0.2, -0.15) is 0 Å². The van der Waals surface area contributed by atoms with Crippen molar-refractivity contribution < 1.29 is 4.79 Å². The number of anilines is 1. The number of hydrogen-bond acceptors (Lipinski definition) is 3. The Labute approximate surface area is 63.4 Å². The number of carbonyl (C=O) groups excluding carboxylic acids is 1. The van der Waals surface area contributed by atoms with Crippen LogP contribution < -0.4 is 11.1 Å². The molecule has 56 valence electrons. The molecule has 0 atom stereocenters. The lowest BCUT2D eigenvalue weighted by Crippen LogP contribution is -2.12. The summed E-state index contributed by atoms with van der Waals surface area (Å²) in [7, 11) is 0. The fraction of sp³-hybridized carbons (Fsp3) is 0.143. The van der Waals surface area contributed by atoms with Gasteiger partial charge in [0.15, 0.2) is 0 Å². The predicted octanol–water partition coefficient (Wildman–Crippen LogP) is -0.0928. The predicted molar refractivity (Wildman–Crippen MR) is 39.8 cm³/mol. The normalized spacial score (nSPS) is 14.4. The van der Waals surface area contributed by atoms with Crippen LogP contribution in [0, 0.1) is 0 Å². The van der Waals surface area contributed by atoms with Crippen molar-refractivity contribution >= 4 is 11.6 Å². The number of fused-ring (bicyclic) bond motifs is 1. The van der Waals surface area contributed by atoms with Gasteiger partial charge in [-0.3, -0.25) is 9.78 Å². The Morgan fingerprint density at radius 1 is 1.64 bits per heavy atom. The number of hydrogen-bond donors (Lipinski definition) is 2. The Balaban J connectivity index is 2.60. The van der Waals surface area contributed by atoms with E-state index in [9.17, 15) is 4.79 Å². The van der Waals surface area contributed by atoms with Crippen molar-refractivity contribution in [3.05, 3.63) is 23.5 Å². The Morgan fingerprint density at radius 3 is 3.27 bits per heavy atom. The van der Waals surface area contributed by atoms with E-state index in [2.05, 4.69) is 10.3 Å². The molecular weight excluding hydrogens is 142 g/mol. The average Bonchev–Trinajstić information content (AvgIpc) is 2.33. The highest BCUT2D eigenvalue weighted by molar-refractivity contribution is 5.98. The molecule has 3 N–H and O–H groups in total. The SMILES string of the molecule is Nc1cnc2c(c1)C(=O)NC2. The van der Waals surface area contributed by atoms with E-state index in [0.717, 1.165) is 5.69 Å². The summed E-state index contributed by atoms with van der Waals surface area (Å²) in [5.74, 6) is -0.0835. The van der Waals surface area contributed by atoms with E-state index in [1.807, 2.05) is 0 Å². The number of nitrogens with one attached hydrogen (secondary N) is 1. The van der Waals surface area contributed by atoms with Gasteiger partial charge in [0.1, 0.15) is 0 Å². The monoisotopic (exact) mass is 149 g/mol. The molecule has 1 aromatic rings. The molecule has 1 amide bonds. The highest BCUT2D eigenvalue weighted by Crippen LogP contribution is 2.14. The first-order chi connectivity index (χ1) is 5.27. The van der Waals surface area contributed by atoms with Gasteiger partial charge in [-0.15, -0.1) is 0 Å². The minimum atomic E-state index is -0.0835. The average molecular weight is 149 g/mol. The van der Waals surface area contributed by atoms with Crippen molar-refractivity contribution in [3.63, 3.8) is 0 Å². The molecule has 0 bridgehead atoms. The quantitative estimate of drug-likeness (QED) is 0.541. The third-order valence-corrected chi connectivity index (χ3v) is 1.65. The van der Waals surface area contributed by atoms with Crippen LogP contribution in [0.4, 0.5) is 5.69 Å². The molecule has 4 heteroatoms. The topological polar surface area (TPSA) is 68.0 Å². The third kappa shape index (κ3) is 0.832. The van der Waals surface area contributed by atoms with Gasteiger partial charge in [0.2, 0.25) is 0 Å². The summed E-state index contributed by atoms with van der Waals surface area (Å²) >= 11 is 0. The zero-order chi connectivity index (χ0) is 7.84. The maximum absolute atomic E-state index is 11.0.